The van der Waals surface area contributed by atoms with E-state index in [4.69, 9.17) is 0 Å². The minimum absolute atomic E-state index is 0.970. The number of aryl methyl sites for hydroxylation is 1. The molecule has 88 valence electrons. The number of anilines is 3. The summed E-state index contributed by atoms with van der Waals surface area (Å²) < 4.78 is 1.06. The molecule has 2 N–H and O–H groups in total. The second-order valence-corrected chi connectivity index (χ2v) is 4.71. The van der Waals surface area contributed by atoms with Crippen LogP contribution in [0.1, 0.15) is 5.56 Å². The minimum atomic E-state index is 0.970. The molecule has 4 heteroatoms. The number of halogens is 1. The van der Waals surface area contributed by atoms with Gasteiger partial charge in [0.15, 0.2) is 0 Å². The molecule has 2 aromatic rings. The van der Waals surface area contributed by atoms with E-state index < -0.39 is 0 Å². The Bertz CT molecular complexity index is 526. The van der Waals surface area contributed by atoms with Gasteiger partial charge in [-0.2, -0.15) is 0 Å². The number of nitrogens with zero attached hydrogens (tertiary/aromatic N) is 1. The normalized spacial score (nSPS) is 10.1. The third kappa shape index (κ3) is 2.97. The fraction of sp³-hybridized carbons (Fsp3) is 0.154. The van der Waals surface area contributed by atoms with Crippen molar-refractivity contribution >= 4 is 33.0 Å². The Balaban J connectivity index is 2.27. The molecular formula is C13H14BrN3. The quantitative estimate of drug-likeness (QED) is 0.899. The lowest BCUT2D eigenvalue weighted by molar-refractivity contribution is 1.30. The molecule has 0 aliphatic carbocycles. The van der Waals surface area contributed by atoms with Gasteiger partial charge in [0.25, 0.3) is 0 Å². The molecule has 3 nitrogen and oxygen atoms in total. The van der Waals surface area contributed by atoms with Crippen LogP contribution in [-0.2, 0) is 0 Å². The first-order valence-electron chi connectivity index (χ1n) is 5.35. The molecule has 2 rings (SSSR count). The maximum atomic E-state index is 4.17. The largest absolute Gasteiger partial charge is 0.387 e. The summed E-state index contributed by atoms with van der Waals surface area (Å²) in [6.07, 6.45) is 3.60. The van der Waals surface area contributed by atoms with Gasteiger partial charge in [-0.15, -0.1) is 0 Å². The Hall–Kier alpha value is -1.55. The predicted octanol–water partition coefficient (Wildman–Crippen LogP) is 3.94. The molecule has 0 radical (unpaired) electrons. The van der Waals surface area contributed by atoms with E-state index in [2.05, 4.69) is 50.6 Å². The van der Waals surface area contributed by atoms with Crippen molar-refractivity contribution in [3.8, 4) is 0 Å². The molecule has 0 unspecified atom stereocenters. The van der Waals surface area contributed by atoms with Crippen LogP contribution in [0.5, 0.6) is 0 Å². The topological polar surface area (TPSA) is 37.0 Å². The van der Waals surface area contributed by atoms with Gasteiger partial charge < -0.3 is 10.6 Å². The van der Waals surface area contributed by atoms with Gasteiger partial charge in [0.2, 0.25) is 0 Å². The van der Waals surface area contributed by atoms with Crippen molar-refractivity contribution in [1.82, 2.24) is 4.98 Å². The summed E-state index contributed by atoms with van der Waals surface area (Å²) in [5.74, 6) is 0. The van der Waals surface area contributed by atoms with E-state index in [9.17, 15) is 0 Å². The molecular weight excluding hydrogens is 278 g/mol. The number of hydrogen-bond donors (Lipinski definition) is 2. The lowest BCUT2D eigenvalue weighted by atomic mass is 10.2. The van der Waals surface area contributed by atoms with Gasteiger partial charge in [-0.3, -0.25) is 4.98 Å². The first-order valence-corrected chi connectivity index (χ1v) is 6.14. The number of rotatable bonds is 3. The third-order valence-corrected chi connectivity index (χ3v) is 3.00. The zero-order chi connectivity index (χ0) is 12.3. The van der Waals surface area contributed by atoms with Crippen LogP contribution in [0, 0.1) is 6.92 Å². The van der Waals surface area contributed by atoms with Gasteiger partial charge in [-0.1, -0.05) is 22.0 Å². The highest BCUT2D eigenvalue weighted by Gasteiger charge is 2.01. The Morgan fingerprint density at radius 2 is 1.88 bits per heavy atom. The van der Waals surface area contributed by atoms with E-state index in [1.165, 1.54) is 5.56 Å². The first-order chi connectivity index (χ1) is 8.19. The Labute approximate surface area is 109 Å². The number of aromatic nitrogens is 1. The monoisotopic (exact) mass is 291 g/mol. The Morgan fingerprint density at radius 1 is 1.12 bits per heavy atom. The van der Waals surface area contributed by atoms with Crippen molar-refractivity contribution in [1.29, 1.82) is 0 Å². The summed E-state index contributed by atoms with van der Waals surface area (Å²) in [6, 6.07) is 8.18. The van der Waals surface area contributed by atoms with Crippen LogP contribution in [0.15, 0.2) is 41.1 Å². The van der Waals surface area contributed by atoms with Gasteiger partial charge in [-0.25, -0.2) is 0 Å². The summed E-state index contributed by atoms with van der Waals surface area (Å²) in [5.41, 5.74) is 4.23. The van der Waals surface area contributed by atoms with E-state index >= 15 is 0 Å². The molecule has 0 spiro atoms. The molecule has 1 aromatic heterocycles. The summed E-state index contributed by atoms with van der Waals surface area (Å²) >= 11 is 3.47. The van der Waals surface area contributed by atoms with Crippen molar-refractivity contribution < 1.29 is 0 Å². The molecule has 1 aromatic carbocycles. The fourth-order valence-corrected chi connectivity index (χ4v) is 1.89. The van der Waals surface area contributed by atoms with Crippen molar-refractivity contribution in [2.45, 2.75) is 6.92 Å². The SMILES string of the molecule is CNc1cncc(Nc2cc(Br)ccc2C)c1. The van der Waals surface area contributed by atoms with Crippen LogP contribution in [0.2, 0.25) is 0 Å². The van der Waals surface area contributed by atoms with Crippen LogP contribution in [0.3, 0.4) is 0 Å². The third-order valence-electron chi connectivity index (χ3n) is 2.51. The number of pyridine rings is 1. The van der Waals surface area contributed by atoms with Crippen molar-refractivity contribution in [2.75, 3.05) is 17.7 Å². The molecule has 17 heavy (non-hydrogen) atoms. The smallest absolute Gasteiger partial charge is 0.0591 e. The number of nitrogens with one attached hydrogen (secondary N) is 2. The van der Waals surface area contributed by atoms with E-state index in [0.717, 1.165) is 21.5 Å². The van der Waals surface area contributed by atoms with Gasteiger partial charge >= 0.3 is 0 Å². The second kappa shape index (κ2) is 5.19. The van der Waals surface area contributed by atoms with Crippen molar-refractivity contribution in [3.05, 3.63) is 46.7 Å². The van der Waals surface area contributed by atoms with Crippen LogP contribution in [0.25, 0.3) is 0 Å². The first kappa shape index (κ1) is 11.9. The van der Waals surface area contributed by atoms with E-state index in [0.29, 0.717) is 0 Å². The highest BCUT2D eigenvalue weighted by Crippen LogP contribution is 2.25. The lowest BCUT2D eigenvalue weighted by Gasteiger charge is -2.10. The standard InChI is InChI=1S/C13H14BrN3/c1-9-3-4-10(14)5-13(9)17-12-6-11(15-2)7-16-8-12/h3-8,15,17H,1-2H3. The fourth-order valence-electron chi connectivity index (χ4n) is 1.53. The Kier molecular flexibility index (Phi) is 3.64. The average molecular weight is 292 g/mol. The number of benzene rings is 1. The van der Waals surface area contributed by atoms with Crippen LogP contribution >= 0.6 is 15.9 Å². The van der Waals surface area contributed by atoms with E-state index in [1.807, 2.05) is 19.2 Å². The highest BCUT2D eigenvalue weighted by molar-refractivity contribution is 9.10. The molecule has 1 heterocycles. The van der Waals surface area contributed by atoms with Crippen molar-refractivity contribution in [3.63, 3.8) is 0 Å². The minimum Gasteiger partial charge on any atom is -0.387 e. The number of hydrogen-bond acceptors (Lipinski definition) is 3. The highest BCUT2D eigenvalue weighted by atomic mass is 79.9. The molecule has 0 aliphatic rings. The van der Waals surface area contributed by atoms with Crippen molar-refractivity contribution in [2.24, 2.45) is 0 Å². The molecule has 0 atom stereocenters. The maximum Gasteiger partial charge on any atom is 0.0591 e. The van der Waals surface area contributed by atoms with Crippen LogP contribution in [-0.4, -0.2) is 12.0 Å². The molecule has 0 fully saturated rings. The molecule has 0 saturated heterocycles. The summed E-state index contributed by atoms with van der Waals surface area (Å²) in [5, 5.41) is 6.42. The predicted molar refractivity (Wildman–Crippen MR) is 75.9 cm³/mol. The lowest BCUT2D eigenvalue weighted by Crippen LogP contribution is -1.96. The maximum absolute atomic E-state index is 4.17. The van der Waals surface area contributed by atoms with Crippen LogP contribution in [0.4, 0.5) is 17.1 Å². The van der Waals surface area contributed by atoms with E-state index in [-0.39, 0.29) is 0 Å². The molecule has 0 bridgehead atoms. The second-order valence-electron chi connectivity index (χ2n) is 3.80. The van der Waals surface area contributed by atoms with E-state index in [1.54, 1.807) is 12.4 Å². The molecule has 0 aliphatic heterocycles. The average Bonchev–Trinajstić information content (AvgIpc) is 2.34. The summed E-state index contributed by atoms with van der Waals surface area (Å²) in [6.45, 7) is 2.07. The summed E-state index contributed by atoms with van der Waals surface area (Å²) in [4.78, 5) is 4.17. The van der Waals surface area contributed by atoms with Gasteiger partial charge in [0, 0.05) is 17.2 Å². The van der Waals surface area contributed by atoms with Gasteiger partial charge in [-0.05, 0) is 30.7 Å². The zero-order valence-electron chi connectivity index (χ0n) is 9.79. The van der Waals surface area contributed by atoms with Gasteiger partial charge in [0.1, 0.15) is 0 Å². The van der Waals surface area contributed by atoms with Crippen LogP contribution < -0.4 is 10.6 Å². The molecule has 0 amide bonds. The Morgan fingerprint density at radius 3 is 2.65 bits per heavy atom. The zero-order valence-corrected chi connectivity index (χ0v) is 11.4. The van der Waals surface area contributed by atoms with Gasteiger partial charge in [0.05, 0.1) is 23.8 Å². The molecule has 0 saturated carbocycles. The summed E-state index contributed by atoms with van der Waals surface area (Å²) in [7, 11) is 1.88.